The van der Waals surface area contributed by atoms with Gasteiger partial charge in [-0.3, -0.25) is 0 Å². The number of methoxy groups -OCH3 is 1. The van der Waals surface area contributed by atoms with Gasteiger partial charge in [0.1, 0.15) is 5.15 Å². The van der Waals surface area contributed by atoms with Crippen molar-refractivity contribution in [3.05, 3.63) is 64.4 Å². The van der Waals surface area contributed by atoms with Crippen molar-refractivity contribution in [2.75, 3.05) is 20.2 Å². The quantitative estimate of drug-likeness (QED) is 0.257. The van der Waals surface area contributed by atoms with Gasteiger partial charge in [0.2, 0.25) is 0 Å². The van der Waals surface area contributed by atoms with E-state index >= 15 is 0 Å². The molecule has 26 heavy (non-hydrogen) atoms. The number of aromatic nitrogens is 1. The Labute approximate surface area is 177 Å². The van der Waals surface area contributed by atoms with Crippen LogP contribution < -0.4 is 10.6 Å². The van der Waals surface area contributed by atoms with Gasteiger partial charge in [-0.2, -0.15) is 0 Å². The topological polar surface area (TPSA) is 58.5 Å². The maximum atomic E-state index is 5.80. The van der Waals surface area contributed by atoms with Gasteiger partial charge in [-0.25, -0.2) is 9.98 Å². The molecule has 2 N–H and O–H groups in total. The van der Waals surface area contributed by atoms with Crippen molar-refractivity contribution < 1.29 is 4.74 Å². The van der Waals surface area contributed by atoms with E-state index in [1.165, 1.54) is 0 Å². The molecule has 0 saturated heterocycles. The van der Waals surface area contributed by atoms with Crippen LogP contribution in [-0.2, 0) is 24.3 Å². The highest BCUT2D eigenvalue weighted by molar-refractivity contribution is 14.0. The molecule has 0 amide bonds. The van der Waals surface area contributed by atoms with E-state index in [4.69, 9.17) is 16.3 Å². The summed E-state index contributed by atoms with van der Waals surface area (Å²) in [5.41, 5.74) is 3.46. The number of nitrogens with one attached hydrogen (secondary N) is 2. The molecule has 0 spiro atoms. The molecule has 5 nitrogen and oxygen atoms in total. The number of hydrogen-bond acceptors (Lipinski definition) is 3. The molecule has 0 unspecified atom stereocenters. The molecular formula is C19H26ClIN4O. The Morgan fingerprint density at radius 1 is 1.15 bits per heavy atom. The third kappa shape index (κ3) is 8.33. The van der Waals surface area contributed by atoms with E-state index in [9.17, 15) is 0 Å². The molecule has 142 valence electrons. The molecule has 1 heterocycles. The summed E-state index contributed by atoms with van der Waals surface area (Å²) >= 11 is 5.80. The SMILES string of the molecule is CCNC(=NCc1cccc(COC)c1)NCCc1ccc(Cl)nc1.I. The van der Waals surface area contributed by atoms with Gasteiger partial charge >= 0.3 is 0 Å². The first-order valence-electron chi connectivity index (χ1n) is 8.40. The van der Waals surface area contributed by atoms with Crippen LogP contribution >= 0.6 is 35.6 Å². The van der Waals surface area contributed by atoms with Crippen LogP contribution in [0.25, 0.3) is 0 Å². The Morgan fingerprint density at radius 3 is 2.65 bits per heavy atom. The van der Waals surface area contributed by atoms with Crippen molar-refractivity contribution in [2.24, 2.45) is 4.99 Å². The van der Waals surface area contributed by atoms with Crippen LogP contribution in [0.4, 0.5) is 0 Å². The zero-order valence-electron chi connectivity index (χ0n) is 15.2. The number of guanidine groups is 1. The number of benzene rings is 1. The Balaban J connectivity index is 0.00000338. The molecule has 0 aliphatic heterocycles. The van der Waals surface area contributed by atoms with E-state index < -0.39 is 0 Å². The van der Waals surface area contributed by atoms with Gasteiger partial charge < -0.3 is 15.4 Å². The predicted molar refractivity (Wildman–Crippen MR) is 118 cm³/mol. The van der Waals surface area contributed by atoms with Crippen LogP contribution in [-0.4, -0.2) is 31.1 Å². The van der Waals surface area contributed by atoms with Crippen molar-refractivity contribution in [3.8, 4) is 0 Å². The third-order valence-electron chi connectivity index (χ3n) is 3.56. The smallest absolute Gasteiger partial charge is 0.191 e. The average molecular weight is 489 g/mol. The lowest BCUT2D eigenvalue weighted by Gasteiger charge is -2.11. The van der Waals surface area contributed by atoms with Gasteiger partial charge in [0.25, 0.3) is 0 Å². The summed E-state index contributed by atoms with van der Waals surface area (Å²) in [4.78, 5) is 8.74. The van der Waals surface area contributed by atoms with Gasteiger partial charge in [0.15, 0.2) is 5.96 Å². The second-order valence-corrected chi connectivity index (χ2v) is 6.00. The average Bonchev–Trinajstić information content (AvgIpc) is 2.62. The second-order valence-electron chi connectivity index (χ2n) is 5.61. The molecule has 7 heteroatoms. The molecule has 0 bridgehead atoms. The van der Waals surface area contributed by atoms with Crippen LogP contribution in [0.2, 0.25) is 5.15 Å². The fraction of sp³-hybridized carbons (Fsp3) is 0.368. The minimum absolute atomic E-state index is 0. The number of pyridine rings is 1. The summed E-state index contributed by atoms with van der Waals surface area (Å²) in [6.45, 7) is 4.89. The number of halogens is 2. The number of rotatable bonds is 8. The molecule has 2 rings (SSSR count). The van der Waals surface area contributed by atoms with Crippen LogP contribution in [0.15, 0.2) is 47.6 Å². The summed E-state index contributed by atoms with van der Waals surface area (Å²) < 4.78 is 5.18. The summed E-state index contributed by atoms with van der Waals surface area (Å²) in [5.74, 6) is 0.807. The highest BCUT2D eigenvalue weighted by Gasteiger charge is 2.00. The lowest BCUT2D eigenvalue weighted by atomic mass is 10.1. The largest absolute Gasteiger partial charge is 0.380 e. The Kier molecular flexibility index (Phi) is 11.2. The van der Waals surface area contributed by atoms with E-state index in [0.29, 0.717) is 18.3 Å². The minimum atomic E-state index is 0. The summed E-state index contributed by atoms with van der Waals surface area (Å²) in [6.07, 6.45) is 2.66. The van der Waals surface area contributed by atoms with Gasteiger partial charge in [-0.05, 0) is 36.1 Å². The van der Waals surface area contributed by atoms with Crippen molar-refractivity contribution >= 4 is 41.5 Å². The Hall–Kier alpha value is -1.38. The Bertz CT molecular complexity index is 679. The predicted octanol–water partition coefficient (Wildman–Crippen LogP) is 3.80. The number of hydrogen-bond donors (Lipinski definition) is 2. The van der Waals surface area contributed by atoms with Crippen LogP contribution in [0.1, 0.15) is 23.6 Å². The van der Waals surface area contributed by atoms with E-state index in [2.05, 4.69) is 45.7 Å². The molecular weight excluding hydrogens is 463 g/mol. The molecule has 0 radical (unpaired) electrons. The van der Waals surface area contributed by atoms with Gasteiger partial charge in [-0.15, -0.1) is 24.0 Å². The highest BCUT2D eigenvalue weighted by Crippen LogP contribution is 2.08. The molecule has 0 fully saturated rings. The Morgan fingerprint density at radius 2 is 1.96 bits per heavy atom. The molecule has 0 saturated carbocycles. The van der Waals surface area contributed by atoms with Crippen LogP contribution in [0.3, 0.4) is 0 Å². The molecule has 1 aromatic carbocycles. The van der Waals surface area contributed by atoms with Crippen molar-refractivity contribution in [3.63, 3.8) is 0 Å². The minimum Gasteiger partial charge on any atom is -0.380 e. The van der Waals surface area contributed by atoms with Gasteiger partial charge in [-0.1, -0.05) is 41.9 Å². The first-order chi connectivity index (χ1) is 12.2. The van der Waals surface area contributed by atoms with E-state index in [1.54, 1.807) is 13.3 Å². The standard InChI is InChI=1S/C19H25ClN4O.HI/c1-3-21-19(22-10-9-15-7-8-18(20)23-12-15)24-13-16-5-4-6-17(11-16)14-25-2;/h4-8,11-12H,3,9-10,13-14H2,1-2H3,(H2,21,22,24);1H. The van der Waals surface area contributed by atoms with Crippen LogP contribution in [0, 0.1) is 0 Å². The lowest BCUT2D eigenvalue weighted by Crippen LogP contribution is -2.38. The molecule has 1 aromatic heterocycles. The van der Waals surface area contributed by atoms with Crippen LogP contribution in [0.5, 0.6) is 0 Å². The van der Waals surface area contributed by atoms with E-state index in [0.717, 1.165) is 42.2 Å². The number of nitrogens with zero attached hydrogens (tertiary/aromatic N) is 2. The number of ether oxygens (including phenoxy) is 1. The first kappa shape index (κ1) is 22.7. The normalized spacial score (nSPS) is 11.0. The van der Waals surface area contributed by atoms with Crippen molar-refractivity contribution in [1.82, 2.24) is 15.6 Å². The summed E-state index contributed by atoms with van der Waals surface area (Å²) in [6, 6.07) is 12.1. The zero-order chi connectivity index (χ0) is 17.9. The maximum Gasteiger partial charge on any atom is 0.191 e. The highest BCUT2D eigenvalue weighted by atomic mass is 127. The molecule has 0 aliphatic rings. The summed E-state index contributed by atoms with van der Waals surface area (Å²) in [5, 5.41) is 7.13. The second kappa shape index (κ2) is 12.9. The van der Waals surface area contributed by atoms with Gasteiger partial charge in [0.05, 0.1) is 13.2 Å². The summed E-state index contributed by atoms with van der Waals surface area (Å²) in [7, 11) is 1.70. The third-order valence-corrected chi connectivity index (χ3v) is 3.78. The lowest BCUT2D eigenvalue weighted by molar-refractivity contribution is 0.185. The zero-order valence-corrected chi connectivity index (χ0v) is 18.3. The van der Waals surface area contributed by atoms with Crippen molar-refractivity contribution in [2.45, 2.75) is 26.5 Å². The van der Waals surface area contributed by atoms with Gasteiger partial charge in [0, 0.05) is 26.4 Å². The fourth-order valence-electron chi connectivity index (χ4n) is 2.38. The maximum absolute atomic E-state index is 5.80. The fourth-order valence-corrected chi connectivity index (χ4v) is 2.49. The van der Waals surface area contributed by atoms with E-state index in [1.807, 2.05) is 18.2 Å². The first-order valence-corrected chi connectivity index (χ1v) is 8.78. The molecule has 0 aliphatic carbocycles. The monoisotopic (exact) mass is 488 g/mol. The molecule has 0 atom stereocenters. The van der Waals surface area contributed by atoms with E-state index in [-0.39, 0.29) is 24.0 Å². The van der Waals surface area contributed by atoms with Crippen molar-refractivity contribution in [1.29, 1.82) is 0 Å². The molecule has 2 aromatic rings. The number of aliphatic imine (C=N–C) groups is 1.